The molecule has 0 atom stereocenters. The molecular formula is C15H10BrNO6. The van der Waals surface area contributed by atoms with Gasteiger partial charge < -0.3 is 19.2 Å². The summed E-state index contributed by atoms with van der Waals surface area (Å²) in [5.74, 6) is -0.962. The third-order valence-corrected chi connectivity index (χ3v) is 3.47. The number of ketones is 1. The first-order valence-corrected chi connectivity index (χ1v) is 7.34. The lowest BCUT2D eigenvalue weighted by atomic mass is 10.1. The van der Waals surface area contributed by atoms with Crippen molar-refractivity contribution in [2.45, 2.75) is 0 Å². The highest BCUT2D eigenvalue weighted by Gasteiger charge is 2.19. The minimum Gasteiger partial charge on any atom is -0.482 e. The van der Waals surface area contributed by atoms with Gasteiger partial charge in [0.25, 0.3) is 5.91 Å². The molecule has 0 fully saturated rings. The quantitative estimate of drug-likeness (QED) is 0.647. The second kappa shape index (κ2) is 6.25. The van der Waals surface area contributed by atoms with E-state index < -0.39 is 18.4 Å². The number of carbonyl (C=O) groups is 3. The predicted octanol–water partition coefficient (Wildman–Crippen LogP) is 2.41. The van der Waals surface area contributed by atoms with Gasteiger partial charge in [-0.3, -0.25) is 9.59 Å². The van der Waals surface area contributed by atoms with E-state index in [1.165, 1.54) is 18.2 Å². The first kappa shape index (κ1) is 15.3. The third-order valence-electron chi connectivity index (χ3n) is 3.04. The maximum absolute atomic E-state index is 12.1. The van der Waals surface area contributed by atoms with Gasteiger partial charge in [0.05, 0.1) is 5.69 Å². The number of ether oxygens (including phenoxy) is 2. The van der Waals surface area contributed by atoms with E-state index in [1.54, 1.807) is 12.1 Å². The zero-order valence-corrected chi connectivity index (χ0v) is 13.2. The minimum absolute atomic E-state index is 0.00391. The molecule has 8 heteroatoms. The molecule has 1 N–H and O–H groups in total. The summed E-state index contributed by atoms with van der Waals surface area (Å²) in [5.41, 5.74) is 0.705. The smallest absolute Gasteiger partial charge is 0.374 e. The zero-order chi connectivity index (χ0) is 16.4. The Hall–Kier alpha value is -2.61. The fourth-order valence-electron chi connectivity index (χ4n) is 1.97. The van der Waals surface area contributed by atoms with Gasteiger partial charge in [-0.2, -0.15) is 0 Å². The van der Waals surface area contributed by atoms with Crippen LogP contribution in [0.2, 0.25) is 0 Å². The van der Waals surface area contributed by atoms with Crippen molar-refractivity contribution in [3.8, 4) is 5.75 Å². The van der Waals surface area contributed by atoms with E-state index in [9.17, 15) is 14.4 Å². The number of halogens is 1. The van der Waals surface area contributed by atoms with Crippen molar-refractivity contribution in [2.24, 2.45) is 0 Å². The molecule has 1 aromatic carbocycles. The zero-order valence-electron chi connectivity index (χ0n) is 11.6. The van der Waals surface area contributed by atoms with Crippen molar-refractivity contribution in [3.05, 3.63) is 46.3 Å². The Morgan fingerprint density at radius 3 is 2.83 bits per heavy atom. The number of hydrogen-bond donors (Lipinski definition) is 1. The summed E-state index contributed by atoms with van der Waals surface area (Å²) in [6, 6.07) is 7.57. The molecule has 2 aromatic rings. The topological polar surface area (TPSA) is 94.8 Å². The third kappa shape index (κ3) is 3.42. The number of carbonyl (C=O) groups excluding carboxylic acids is 3. The normalized spacial score (nSPS) is 12.8. The molecule has 0 bridgehead atoms. The van der Waals surface area contributed by atoms with Crippen molar-refractivity contribution >= 4 is 39.3 Å². The molecule has 0 unspecified atom stereocenters. The van der Waals surface area contributed by atoms with Crippen LogP contribution in [0.1, 0.15) is 20.9 Å². The average molecular weight is 380 g/mol. The highest BCUT2D eigenvalue weighted by molar-refractivity contribution is 9.10. The van der Waals surface area contributed by atoms with Crippen LogP contribution in [0.25, 0.3) is 0 Å². The number of nitrogens with one attached hydrogen (secondary N) is 1. The van der Waals surface area contributed by atoms with E-state index in [1.807, 2.05) is 0 Å². The fourth-order valence-corrected chi connectivity index (χ4v) is 2.27. The van der Waals surface area contributed by atoms with Gasteiger partial charge in [0.1, 0.15) is 5.75 Å². The van der Waals surface area contributed by atoms with Gasteiger partial charge in [0, 0.05) is 5.56 Å². The molecule has 1 aromatic heterocycles. The Morgan fingerprint density at radius 2 is 2.09 bits per heavy atom. The maximum atomic E-state index is 12.1. The summed E-state index contributed by atoms with van der Waals surface area (Å²) in [5, 5.41) is 2.60. The van der Waals surface area contributed by atoms with E-state index in [0.717, 1.165) is 0 Å². The van der Waals surface area contributed by atoms with Crippen LogP contribution in [0.15, 0.2) is 39.4 Å². The Kier molecular flexibility index (Phi) is 4.16. The molecule has 0 saturated carbocycles. The first-order chi connectivity index (χ1) is 11.0. The number of benzene rings is 1. The van der Waals surface area contributed by atoms with Gasteiger partial charge in [-0.15, -0.1) is 0 Å². The van der Waals surface area contributed by atoms with Gasteiger partial charge in [-0.05, 0) is 46.3 Å². The second-order valence-electron chi connectivity index (χ2n) is 4.65. The van der Waals surface area contributed by atoms with Crippen LogP contribution in [-0.4, -0.2) is 30.9 Å². The summed E-state index contributed by atoms with van der Waals surface area (Å²) in [6.45, 7) is -0.499. The highest BCUT2D eigenvalue weighted by atomic mass is 79.9. The average Bonchev–Trinajstić information content (AvgIpc) is 2.98. The molecule has 3 rings (SSSR count). The summed E-state index contributed by atoms with van der Waals surface area (Å²) in [4.78, 5) is 35.1. The van der Waals surface area contributed by atoms with E-state index in [2.05, 4.69) is 21.2 Å². The van der Waals surface area contributed by atoms with E-state index >= 15 is 0 Å². The van der Waals surface area contributed by atoms with Crippen LogP contribution in [-0.2, 0) is 9.53 Å². The van der Waals surface area contributed by atoms with Crippen molar-refractivity contribution in [1.82, 2.24) is 0 Å². The molecular weight excluding hydrogens is 370 g/mol. The van der Waals surface area contributed by atoms with E-state index in [0.29, 0.717) is 21.7 Å². The number of hydrogen-bond acceptors (Lipinski definition) is 6. The molecule has 118 valence electrons. The largest absolute Gasteiger partial charge is 0.482 e. The van der Waals surface area contributed by atoms with Crippen LogP contribution >= 0.6 is 15.9 Å². The first-order valence-electron chi connectivity index (χ1n) is 6.55. The SMILES string of the molecule is O=C1COc2ccc(C(=O)COC(=O)c3ccc(Br)o3)cc2N1. The summed E-state index contributed by atoms with van der Waals surface area (Å²) in [7, 11) is 0. The minimum atomic E-state index is -0.737. The van der Waals surface area contributed by atoms with Crippen LogP contribution in [0.3, 0.4) is 0 Å². The molecule has 1 aliphatic heterocycles. The monoisotopic (exact) mass is 379 g/mol. The number of Topliss-reactive ketones (excluding diaryl/α,β-unsaturated/α-hetero) is 1. The highest BCUT2D eigenvalue weighted by Crippen LogP contribution is 2.28. The Bertz CT molecular complexity index is 797. The fraction of sp³-hybridized carbons (Fsp3) is 0.133. The molecule has 0 spiro atoms. The van der Waals surface area contributed by atoms with Gasteiger partial charge >= 0.3 is 5.97 Å². The lowest BCUT2D eigenvalue weighted by Crippen LogP contribution is -2.25. The van der Waals surface area contributed by atoms with Crippen LogP contribution in [0.5, 0.6) is 5.75 Å². The number of esters is 1. The van der Waals surface area contributed by atoms with Crippen molar-refractivity contribution in [3.63, 3.8) is 0 Å². The summed E-state index contributed by atoms with van der Waals surface area (Å²) in [6.07, 6.45) is 0. The van der Waals surface area contributed by atoms with Crippen LogP contribution < -0.4 is 10.1 Å². The standard InChI is InChI=1S/C15H10BrNO6/c16-13-4-3-12(23-13)15(20)22-6-10(18)8-1-2-11-9(5-8)17-14(19)7-21-11/h1-5H,6-7H2,(H,17,19). The molecule has 1 amide bonds. The number of fused-ring (bicyclic) bond motifs is 1. The molecule has 0 saturated heterocycles. The number of furan rings is 1. The molecule has 0 radical (unpaired) electrons. The Balaban J connectivity index is 1.65. The number of amides is 1. The van der Waals surface area contributed by atoms with Gasteiger partial charge in [-0.25, -0.2) is 4.79 Å². The van der Waals surface area contributed by atoms with E-state index in [-0.39, 0.29) is 18.3 Å². The number of rotatable bonds is 4. The van der Waals surface area contributed by atoms with E-state index in [4.69, 9.17) is 13.9 Å². The molecule has 2 heterocycles. The second-order valence-corrected chi connectivity index (χ2v) is 5.43. The van der Waals surface area contributed by atoms with Crippen molar-refractivity contribution in [2.75, 3.05) is 18.5 Å². The molecule has 1 aliphatic rings. The molecule has 7 nitrogen and oxygen atoms in total. The Labute approximate surface area is 138 Å². The van der Waals surface area contributed by atoms with Gasteiger partial charge in [-0.1, -0.05) is 0 Å². The molecule has 23 heavy (non-hydrogen) atoms. The predicted molar refractivity (Wildman–Crippen MR) is 81.6 cm³/mol. The lowest BCUT2D eigenvalue weighted by molar-refractivity contribution is -0.118. The lowest BCUT2D eigenvalue weighted by Gasteiger charge is -2.18. The summed E-state index contributed by atoms with van der Waals surface area (Å²) >= 11 is 3.07. The molecule has 0 aliphatic carbocycles. The van der Waals surface area contributed by atoms with Gasteiger partial charge in [0.15, 0.2) is 23.7 Å². The van der Waals surface area contributed by atoms with Gasteiger partial charge in [0.2, 0.25) is 5.76 Å². The maximum Gasteiger partial charge on any atom is 0.374 e. The van der Waals surface area contributed by atoms with Crippen molar-refractivity contribution < 1.29 is 28.3 Å². The van der Waals surface area contributed by atoms with Crippen molar-refractivity contribution in [1.29, 1.82) is 0 Å². The van der Waals surface area contributed by atoms with Crippen LogP contribution in [0, 0.1) is 0 Å². The summed E-state index contributed by atoms with van der Waals surface area (Å²) < 4.78 is 15.5. The van der Waals surface area contributed by atoms with Crippen LogP contribution in [0.4, 0.5) is 5.69 Å². The number of anilines is 1. The Morgan fingerprint density at radius 1 is 1.26 bits per heavy atom.